The van der Waals surface area contributed by atoms with Gasteiger partial charge in [-0.1, -0.05) is 24.3 Å². The lowest BCUT2D eigenvalue weighted by molar-refractivity contribution is 0.484. The van der Waals surface area contributed by atoms with Gasteiger partial charge in [-0.2, -0.15) is 5.10 Å². The van der Waals surface area contributed by atoms with E-state index in [1.165, 1.54) is 11.1 Å². The number of aromatic nitrogens is 4. The molecule has 3 aromatic rings. The minimum atomic E-state index is -0.153. The minimum Gasteiger partial charge on any atom is -0.352 e. The van der Waals surface area contributed by atoms with E-state index in [2.05, 4.69) is 46.4 Å². The number of aromatic amines is 1. The molecule has 124 valence electrons. The van der Waals surface area contributed by atoms with Crippen LogP contribution in [0.2, 0.25) is 0 Å². The molecule has 0 saturated carbocycles. The number of aryl methyl sites for hydroxylation is 1. The van der Waals surface area contributed by atoms with Crippen LogP contribution >= 0.6 is 0 Å². The van der Waals surface area contributed by atoms with Crippen LogP contribution in [0, 0.1) is 6.92 Å². The number of benzene rings is 1. The van der Waals surface area contributed by atoms with Gasteiger partial charge in [0.15, 0.2) is 0 Å². The molecule has 2 aromatic heterocycles. The molecule has 0 amide bonds. The largest absolute Gasteiger partial charge is 0.352 e. The predicted octanol–water partition coefficient (Wildman–Crippen LogP) is 2.69. The van der Waals surface area contributed by atoms with Crippen LogP contribution in [0.5, 0.6) is 0 Å². The number of H-pyrrole nitrogens is 1. The lowest BCUT2D eigenvalue weighted by atomic mass is 10.1. The summed E-state index contributed by atoms with van der Waals surface area (Å²) in [5.41, 5.74) is 2.97. The Labute approximate surface area is 140 Å². The van der Waals surface area contributed by atoms with Crippen molar-refractivity contribution in [3.8, 4) is 0 Å². The predicted molar refractivity (Wildman–Crippen MR) is 94.0 cm³/mol. The first kappa shape index (κ1) is 16.0. The Balaban J connectivity index is 1.72. The second-order valence-electron chi connectivity index (χ2n) is 5.90. The van der Waals surface area contributed by atoms with Gasteiger partial charge in [0.1, 0.15) is 0 Å². The molecule has 0 spiro atoms. The van der Waals surface area contributed by atoms with Crippen LogP contribution in [0.3, 0.4) is 0 Å². The van der Waals surface area contributed by atoms with Gasteiger partial charge in [0.05, 0.1) is 11.7 Å². The van der Waals surface area contributed by atoms with E-state index in [9.17, 15) is 4.79 Å². The minimum absolute atomic E-state index is 0.138. The third kappa shape index (κ3) is 3.90. The van der Waals surface area contributed by atoms with Crippen LogP contribution in [0.1, 0.15) is 29.8 Å². The van der Waals surface area contributed by atoms with Crippen LogP contribution in [0.25, 0.3) is 0 Å². The zero-order chi connectivity index (χ0) is 16.9. The van der Waals surface area contributed by atoms with E-state index < -0.39 is 0 Å². The van der Waals surface area contributed by atoms with Gasteiger partial charge in [-0.3, -0.25) is 14.5 Å². The summed E-state index contributed by atoms with van der Waals surface area (Å²) in [5.74, 6) is 0.494. The molecule has 0 fully saturated rings. The number of rotatable bonds is 6. The molecule has 0 radical (unpaired) electrons. The van der Waals surface area contributed by atoms with Crippen molar-refractivity contribution >= 4 is 5.95 Å². The molecule has 1 aromatic carbocycles. The van der Waals surface area contributed by atoms with E-state index >= 15 is 0 Å². The van der Waals surface area contributed by atoms with Crippen LogP contribution in [-0.2, 0) is 13.0 Å². The molecule has 0 aliphatic rings. The van der Waals surface area contributed by atoms with Crippen molar-refractivity contribution in [2.45, 2.75) is 32.9 Å². The van der Waals surface area contributed by atoms with Crippen molar-refractivity contribution in [3.63, 3.8) is 0 Å². The Morgan fingerprint density at radius 1 is 1.29 bits per heavy atom. The summed E-state index contributed by atoms with van der Waals surface area (Å²) in [4.78, 5) is 19.2. The van der Waals surface area contributed by atoms with E-state index in [1.54, 1.807) is 12.3 Å². The summed E-state index contributed by atoms with van der Waals surface area (Å²) in [6.45, 7) is 4.74. The Hall–Kier alpha value is -2.89. The number of anilines is 1. The molecule has 24 heavy (non-hydrogen) atoms. The Morgan fingerprint density at radius 2 is 2.12 bits per heavy atom. The van der Waals surface area contributed by atoms with E-state index in [0.29, 0.717) is 18.9 Å². The highest BCUT2D eigenvalue weighted by Crippen LogP contribution is 2.12. The number of nitrogens with one attached hydrogen (secondary N) is 2. The van der Waals surface area contributed by atoms with Crippen LogP contribution < -0.4 is 10.9 Å². The first-order chi connectivity index (χ1) is 11.6. The van der Waals surface area contributed by atoms with Gasteiger partial charge < -0.3 is 5.32 Å². The Bertz CT molecular complexity index is 854. The van der Waals surface area contributed by atoms with E-state index in [1.807, 2.05) is 29.1 Å². The summed E-state index contributed by atoms with van der Waals surface area (Å²) in [7, 11) is 0. The number of nitrogens with zero attached hydrogens (tertiary/aromatic N) is 3. The summed E-state index contributed by atoms with van der Waals surface area (Å²) >= 11 is 0. The van der Waals surface area contributed by atoms with Gasteiger partial charge in [-0.05, 0) is 31.0 Å². The van der Waals surface area contributed by atoms with Gasteiger partial charge in [0.25, 0.3) is 5.56 Å². The van der Waals surface area contributed by atoms with Crippen molar-refractivity contribution in [2.75, 3.05) is 5.32 Å². The molecule has 0 saturated heterocycles. The molecule has 3 rings (SSSR count). The molecule has 2 N–H and O–H groups in total. The van der Waals surface area contributed by atoms with Crippen LogP contribution in [-0.4, -0.2) is 19.7 Å². The number of hydrogen-bond acceptors (Lipinski definition) is 4. The average molecular weight is 323 g/mol. The van der Waals surface area contributed by atoms with Crippen molar-refractivity contribution in [1.29, 1.82) is 0 Å². The monoisotopic (exact) mass is 323 g/mol. The smallest absolute Gasteiger partial charge is 0.252 e. The highest BCUT2D eigenvalue weighted by Gasteiger charge is 2.09. The molecule has 1 atom stereocenters. The average Bonchev–Trinajstić information content (AvgIpc) is 3.08. The first-order valence-electron chi connectivity index (χ1n) is 7.99. The second-order valence-corrected chi connectivity index (χ2v) is 5.90. The van der Waals surface area contributed by atoms with Gasteiger partial charge in [0.2, 0.25) is 5.95 Å². The quantitative estimate of drug-likeness (QED) is 0.731. The fourth-order valence-electron chi connectivity index (χ4n) is 2.62. The normalized spacial score (nSPS) is 12.1. The molecule has 2 heterocycles. The maximum Gasteiger partial charge on any atom is 0.252 e. The summed E-state index contributed by atoms with van der Waals surface area (Å²) < 4.78 is 1.86. The van der Waals surface area contributed by atoms with E-state index in [-0.39, 0.29) is 11.6 Å². The van der Waals surface area contributed by atoms with Gasteiger partial charge in [0, 0.05) is 31.4 Å². The molecule has 0 unspecified atom stereocenters. The fourth-order valence-corrected chi connectivity index (χ4v) is 2.62. The lowest BCUT2D eigenvalue weighted by Gasteiger charge is -2.13. The fraction of sp³-hybridized carbons (Fsp3) is 0.278. The maximum atomic E-state index is 11.9. The Kier molecular flexibility index (Phi) is 4.74. The second kappa shape index (κ2) is 7.12. The highest BCUT2D eigenvalue weighted by molar-refractivity contribution is 5.32. The first-order valence-corrected chi connectivity index (χ1v) is 7.99. The molecule has 0 aliphatic heterocycles. The van der Waals surface area contributed by atoms with Crippen molar-refractivity contribution in [1.82, 2.24) is 19.7 Å². The van der Waals surface area contributed by atoms with Crippen molar-refractivity contribution in [2.24, 2.45) is 0 Å². The SMILES string of the molecule is Cc1ccccc1CNc1nc(C[C@@H](C)n2cccn2)cc(=O)[nH]1. The molecular weight excluding hydrogens is 302 g/mol. The number of hydrogen-bond donors (Lipinski definition) is 2. The maximum absolute atomic E-state index is 11.9. The summed E-state index contributed by atoms with van der Waals surface area (Å²) in [6.07, 6.45) is 4.30. The summed E-state index contributed by atoms with van der Waals surface area (Å²) in [6, 6.07) is 11.7. The highest BCUT2D eigenvalue weighted by atomic mass is 16.1. The summed E-state index contributed by atoms with van der Waals surface area (Å²) in [5, 5.41) is 7.43. The Morgan fingerprint density at radius 3 is 2.88 bits per heavy atom. The van der Waals surface area contributed by atoms with Crippen LogP contribution in [0.4, 0.5) is 5.95 Å². The van der Waals surface area contributed by atoms with E-state index in [0.717, 1.165) is 5.69 Å². The molecule has 6 nitrogen and oxygen atoms in total. The standard InChI is InChI=1S/C18H21N5O/c1-13-6-3-4-7-15(13)12-19-18-21-16(11-17(24)22-18)10-14(2)23-9-5-8-20-23/h3-9,11,14H,10,12H2,1-2H3,(H2,19,21,22,24)/t14-/m1/s1. The van der Waals surface area contributed by atoms with Gasteiger partial charge >= 0.3 is 0 Å². The third-order valence-electron chi connectivity index (χ3n) is 3.98. The molecule has 6 heteroatoms. The van der Waals surface area contributed by atoms with Gasteiger partial charge in [-0.25, -0.2) is 4.98 Å². The zero-order valence-corrected chi connectivity index (χ0v) is 13.9. The lowest BCUT2D eigenvalue weighted by Crippen LogP contribution is -2.17. The molecular formula is C18H21N5O. The third-order valence-corrected chi connectivity index (χ3v) is 3.98. The van der Waals surface area contributed by atoms with E-state index in [4.69, 9.17) is 0 Å². The van der Waals surface area contributed by atoms with Crippen molar-refractivity contribution in [3.05, 3.63) is 76.0 Å². The zero-order valence-electron chi connectivity index (χ0n) is 13.9. The molecule has 0 aliphatic carbocycles. The molecule has 0 bridgehead atoms. The van der Waals surface area contributed by atoms with Crippen LogP contribution in [0.15, 0.2) is 53.6 Å². The van der Waals surface area contributed by atoms with Gasteiger partial charge in [-0.15, -0.1) is 0 Å². The topological polar surface area (TPSA) is 75.6 Å². The van der Waals surface area contributed by atoms with Crippen molar-refractivity contribution < 1.29 is 0 Å².